The maximum Gasteiger partial charge on any atom is 0.262 e. The maximum absolute atomic E-state index is 13.0. The standard InChI is InChI=1S/C25H28N2O5S/c28-25(26-22-13-16-12-21(22)20-6-2-5-19(16)20)15-3-1-4-17(11-15)27-33(29,30)18-7-8-23-24(14-18)32-10-9-31-23/h1,3-4,7-8,11,14,16,19-22,27H,2,5-6,9-10,12-13H2,(H,26,28)/t16-,19+,20-,21+,22-/m1/s1. The Hall–Kier alpha value is -2.74. The number of amides is 1. The molecule has 0 spiro atoms. The van der Waals surface area contributed by atoms with Crippen LogP contribution in [0.5, 0.6) is 11.5 Å². The summed E-state index contributed by atoms with van der Waals surface area (Å²) in [6.07, 6.45) is 6.31. The Morgan fingerprint density at radius 1 is 0.909 bits per heavy atom. The van der Waals surface area contributed by atoms with Crippen LogP contribution in [0.2, 0.25) is 0 Å². The minimum absolute atomic E-state index is 0.0784. The van der Waals surface area contributed by atoms with E-state index in [4.69, 9.17) is 9.47 Å². The number of sulfonamides is 1. The SMILES string of the molecule is O=C(N[C@@H]1C[C@H]2C[C@H]1[C@@H]1CCC[C@@H]21)c1cccc(NS(=O)(=O)c2ccc3c(c2)OCCO3)c1. The Balaban J connectivity index is 1.16. The number of carbonyl (C=O) groups is 1. The fourth-order valence-corrected chi connectivity index (χ4v) is 7.68. The highest BCUT2D eigenvalue weighted by molar-refractivity contribution is 7.92. The topological polar surface area (TPSA) is 93.7 Å². The lowest BCUT2D eigenvalue weighted by molar-refractivity contribution is 0.0901. The number of nitrogens with one attached hydrogen (secondary N) is 2. The van der Waals surface area contributed by atoms with Gasteiger partial charge >= 0.3 is 0 Å². The zero-order valence-corrected chi connectivity index (χ0v) is 19.1. The molecule has 7 nitrogen and oxygen atoms in total. The number of rotatable bonds is 5. The fourth-order valence-electron chi connectivity index (χ4n) is 6.61. The van der Waals surface area contributed by atoms with Gasteiger partial charge < -0.3 is 14.8 Å². The molecule has 174 valence electrons. The lowest BCUT2D eigenvalue weighted by atomic mass is 9.79. The molecule has 0 saturated heterocycles. The van der Waals surface area contributed by atoms with Crippen molar-refractivity contribution in [2.24, 2.45) is 23.7 Å². The van der Waals surface area contributed by atoms with E-state index < -0.39 is 10.0 Å². The summed E-state index contributed by atoms with van der Waals surface area (Å²) in [7, 11) is -3.85. The molecule has 2 aromatic carbocycles. The number of carbonyl (C=O) groups excluding carboxylic acids is 1. The van der Waals surface area contributed by atoms with Gasteiger partial charge in [0.25, 0.3) is 15.9 Å². The van der Waals surface area contributed by atoms with E-state index in [0.29, 0.717) is 41.9 Å². The van der Waals surface area contributed by atoms with Gasteiger partial charge in [0, 0.05) is 23.4 Å². The van der Waals surface area contributed by atoms with E-state index in [1.54, 1.807) is 30.3 Å². The van der Waals surface area contributed by atoms with Crippen molar-refractivity contribution in [3.05, 3.63) is 48.0 Å². The van der Waals surface area contributed by atoms with E-state index in [1.165, 1.54) is 37.8 Å². The fraction of sp³-hybridized carbons (Fsp3) is 0.480. The quantitative estimate of drug-likeness (QED) is 0.696. The summed E-state index contributed by atoms with van der Waals surface area (Å²) in [5, 5.41) is 3.25. The van der Waals surface area contributed by atoms with Crippen molar-refractivity contribution in [2.45, 2.75) is 43.0 Å². The van der Waals surface area contributed by atoms with Gasteiger partial charge in [-0.15, -0.1) is 0 Å². The molecule has 2 bridgehead atoms. The van der Waals surface area contributed by atoms with Crippen molar-refractivity contribution < 1.29 is 22.7 Å². The molecule has 1 heterocycles. The van der Waals surface area contributed by atoms with Gasteiger partial charge in [0.2, 0.25) is 0 Å². The van der Waals surface area contributed by atoms with Gasteiger partial charge in [-0.05, 0) is 79.7 Å². The molecule has 2 N–H and O–H groups in total. The van der Waals surface area contributed by atoms with E-state index >= 15 is 0 Å². The second-order valence-corrected chi connectivity index (χ2v) is 11.4. The van der Waals surface area contributed by atoms with Crippen LogP contribution in [0.3, 0.4) is 0 Å². The van der Waals surface area contributed by atoms with E-state index in [1.807, 2.05) is 0 Å². The molecule has 1 aliphatic heterocycles. The molecule has 0 unspecified atom stereocenters. The van der Waals surface area contributed by atoms with E-state index in [9.17, 15) is 13.2 Å². The number of anilines is 1. The number of ether oxygens (including phenoxy) is 2. The van der Waals surface area contributed by atoms with Crippen molar-refractivity contribution >= 4 is 21.6 Å². The van der Waals surface area contributed by atoms with Crippen molar-refractivity contribution in [1.29, 1.82) is 0 Å². The molecule has 2 aromatic rings. The molecule has 1 amide bonds. The number of benzene rings is 2. The third-order valence-electron chi connectivity index (χ3n) is 7.95. The highest BCUT2D eigenvalue weighted by atomic mass is 32.2. The maximum atomic E-state index is 13.0. The van der Waals surface area contributed by atoms with Crippen LogP contribution in [0.1, 0.15) is 42.5 Å². The monoisotopic (exact) mass is 468 g/mol. The first-order valence-electron chi connectivity index (χ1n) is 11.8. The molecule has 6 rings (SSSR count). The highest BCUT2D eigenvalue weighted by Crippen LogP contribution is 2.58. The smallest absolute Gasteiger partial charge is 0.262 e. The number of hydrogen-bond acceptors (Lipinski definition) is 5. The summed E-state index contributed by atoms with van der Waals surface area (Å²) < 4.78 is 39.4. The molecular weight excluding hydrogens is 440 g/mol. The molecule has 3 fully saturated rings. The van der Waals surface area contributed by atoms with Crippen molar-refractivity contribution in [2.75, 3.05) is 17.9 Å². The normalized spacial score (nSPS) is 29.5. The summed E-state index contributed by atoms with van der Waals surface area (Å²) in [5.41, 5.74) is 0.810. The summed E-state index contributed by atoms with van der Waals surface area (Å²) >= 11 is 0. The number of fused-ring (bicyclic) bond motifs is 6. The van der Waals surface area contributed by atoms with Gasteiger partial charge in [0.05, 0.1) is 4.90 Å². The zero-order valence-electron chi connectivity index (χ0n) is 18.3. The molecular formula is C25H28N2O5S. The Bertz CT molecular complexity index is 1200. The summed E-state index contributed by atoms with van der Waals surface area (Å²) in [4.78, 5) is 13.1. The van der Waals surface area contributed by atoms with Crippen LogP contribution in [-0.4, -0.2) is 33.6 Å². The van der Waals surface area contributed by atoms with Gasteiger partial charge in [-0.3, -0.25) is 9.52 Å². The first-order valence-corrected chi connectivity index (χ1v) is 13.3. The van der Waals surface area contributed by atoms with Crippen LogP contribution in [0.15, 0.2) is 47.4 Å². The molecule has 3 aliphatic carbocycles. The number of hydrogen-bond donors (Lipinski definition) is 2. The van der Waals surface area contributed by atoms with Crippen LogP contribution < -0.4 is 19.5 Å². The molecule has 0 radical (unpaired) electrons. The largest absolute Gasteiger partial charge is 0.486 e. The average molecular weight is 469 g/mol. The van der Waals surface area contributed by atoms with Crippen LogP contribution in [0.25, 0.3) is 0 Å². The summed E-state index contributed by atoms with van der Waals surface area (Å²) in [6.45, 7) is 0.820. The molecule has 0 aromatic heterocycles. The third kappa shape index (κ3) is 3.74. The van der Waals surface area contributed by atoms with Gasteiger partial charge in [-0.2, -0.15) is 0 Å². The second kappa shape index (κ2) is 7.94. The summed E-state index contributed by atoms with van der Waals surface area (Å²) in [6, 6.07) is 11.4. The Labute approximate surface area is 193 Å². The van der Waals surface area contributed by atoms with Crippen molar-refractivity contribution in [1.82, 2.24) is 5.32 Å². The summed E-state index contributed by atoms with van der Waals surface area (Å²) in [5.74, 6) is 3.82. The van der Waals surface area contributed by atoms with Crippen LogP contribution in [-0.2, 0) is 10.0 Å². The first kappa shape index (κ1) is 20.8. The van der Waals surface area contributed by atoms with Gasteiger partial charge in [-0.25, -0.2) is 8.42 Å². The van der Waals surface area contributed by atoms with Gasteiger partial charge in [0.15, 0.2) is 11.5 Å². The van der Waals surface area contributed by atoms with Crippen LogP contribution >= 0.6 is 0 Å². The second-order valence-electron chi connectivity index (χ2n) is 9.73. The zero-order chi connectivity index (χ0) is 22.6. The van der Waals surface area contributed by atoms with Crippen LogP contribution in [0.4, 0.5) is 5.69 Å². The van der Waals surface area contributed by atoms with Gasteiger partial charge in [-0.1, -0.05) is 12.5 Å². The van der Waals surface area contributed by atoms with Gasteiger partial charge in [0.1, 0.15) is 13.2 Å². The Morgan fingerprint density at radius 3 is 2.61 bits per heavy atom. The van der Waals surface area contributed by atoms with Crippen molar-refractivity contribution in [3.63, 3.8) is 0 Å². The van der Waals surface area contributed by atoms with E-state index in [0.717, 1.165) is 24.2 Å². The van der Waals surface area contributed by atoms with Crippen molar-refractivity contribution in [3.8, 4) is 11.5 Å². The molecule has 8 heteroatoms. The third-order valence-corrected chi connectivity index (χ3v) is 9.33. The van der Waals surface area contributed by atoms with E-state index in [2.05, 4.69) is 10.0 Å². The minimum atomic E-state index is -3.85. The molecule has 3 saturated carbocycles. The lowest BCUT2D eigenvalue weighted by Crippen LogP contribution is -2.42. The molecule has 4 aliphatic rings. The predicted octanol–water partition coefficient (Wildman–Crippen LogP) is 3.81. The average Bonchev–Trinajstić information content (AvgIpc) is 3.53. The minimum Gasteiger partial charge on any atom is -0.486 e. The Kier molecular flexibility index (Phi) is 5.01. The van der Waals surface area contributed by atoms with Crippen LogP contribution in [0, 0.1) is 23.7 Å². The Morgan fingerprint density at radius 2 is 1.73 bits per heavy atom. The lowest BCUT2D eigenvalue weighted by Gasteiger charge is -2.32. The van der Waals surface area contributed by atoms with E-state index in [-0.39, 0.29) is 16.8 Å². The molecule has 5 atom stereocenters. The highest BCUT2D eigenvalue weighted by Gasteiger charge is 2.54. The predicted molar refractivity (Wildman–Crippen MR) is 123 cm³/mol. The first-order chi connectivity index (χ1) is 16.0. The molecule has 33 heavy (non-hydrogen) atoms.